The summed E-state index contributed by atoms with van der Waals surface area (Å²) in [6, 6.07) is 44.3. The second-order valence-electron chi connectivity index (χ2n) is 19.0. The van der Waals surface area contributed by atoms with Crippen LogP contribution in [0.25, 0.3) is 54.5 Å². The summed E-state index contributed by atoms with van der Waals surface area (Å²) < 4.78 is 5.82. The molecule has 13 aromatic rings. The molecule has 0 saturated carbocycles. The van der Waals surface area contributed by atoms with Crippen LogP contribution in [0.2, 0.25) is 0 Å². The highest BCUT2D eigenvalue weighted by Crippen LogP contribution is 2.29. The Kier molecular flexibility index (Phi) is 19.1. The van der Waals surface area contributed by atoms with E-state index in [4.69, 9.17) is 26.4 Å². The van der Waals surface area contributed by atoms with Gasteiger partial charge in [0, 0.05) is 68.3 Å². The number of carboxylic acids is 2. The third kappa shape index (κ3) is 15.0. The number of aromatic nitrogens is 10. The summed E-state index contributed by atoms with van der Waals surface area (Å²) in [4.78, 5) is 88.8. The number of fused-ring (bicyclic) bond motifs is 5. The second-order valence-corrected chi connectivity index (χ2v) is 19.9. The molecule has 0 spiro atoms. The summed E-state index contributed by atoms with van der Waals surface area (Å²) in [5.74, 6) is -0.978. The molecule has 33 heteroatoms. The van der Waals surface area contributed by atoms with Gasteiger partial charge < -0.3 is 42.4 Å². The quantitative estimate of drug-likeness (QED) is 0.0399. The van der Waals surface area contributed by atoms with Crippen molar-refractivity contribution in [3.63, 3.8) is 0 Å². The van der Waals surface area contributed by atoms with Gasteiger partial charge in [0.15, 0.2) is 29.1 Å². The smallest absolute Gasteiger partial charge is 0.335 e. The fourth-order valence-corrected chi connectivity index (χ4v) is 8.87. The van der Waals surface area contributed by atoms with Crippen molar-refractivity contribution in [1.29, 1.82) is 0 Å². The van der Waals surface area contributed by atoms with E-state index in [1.165, 1.54) is 67.8 Å². The number of nitro groups is 3. The molecule has 0 saturated heterocycles. The van der Waals surface area contributed by atoms with Crippen molar-refractivity contribution in [1.82, 2.24) is 51.0 Å². The number of nitrogens with two attached hydrogens (primary N) is 2. The molecule has 462 valence electrons. The minimum atomic E-state index is -1.03. The normalized spacial score (nSPS) is 10.5. The van der Waals surface area contributed by atoms with Crippen LogP contribution >= 0.6 is 15.9 Å². The Morgan fingerprint density at radius 2 is 0.761 bits per heavy atom. The predicted octanol–water partition coefficient (Wildman–Crippen LogP) is 10.6. The molecule has 0 bridgehead atoms. The van der Waals surface area contributed by atoms with Crippen LogP contribution < -0.4 is 32.2 Å². The number of H-pyrrole nitrogens is 5. The molecule has 14 N–H and O–H groups in total. The lowest BCUT2D eigenvalue weighted by atomic mass is 10.1. The summed E-state index contributed by atoms with van der Waals surface area (Å²) in [6.07, 6.45) is 0. The van der Waals surface area contributed by atoms with Crippen molar-refractivity contribution in [3.05, 3.63) is 232 Å². The number of anilines is 5. The van der Waals surface area contributed by atoms with E-state index < -0.39 is 26.7 Å². The van der Waals surface area contributed by atoms with Gasteiger partial charge in [0.05, 0.1) is 76.7 Å². The summed E-state index contributed by atoms with van der Waals surface area (Å²) in [5, 5.41) is 93.5. The van der Waals surface area contributed by atoms with Crippen molar-refractivity contribution in [2.75, 3.05) is 34.5 Å². The molecule has 0 aliphatic rings. The largest absolute Gasteiger partial charge is 0.497 e. The highest BCUT2D eigenvalue weighted by Gasteiger charge is 2.18. The Labute approximate surface area is 521 Å². The number of halogens is 1. The number of rotatable bonds is 12. The number of carbonyl (C=O) groups is 5. The molecule has 92 heavy (non-hydrogen) atoms. The van der Waals surface area contributed by atoms with Crippen molar-refractivity contribution in [2.45, 2.75) is 0 Å². The number of nitrogens with zero attached hydrogens (tertiary/aromatic N) is 8. The van der Waals surface area contributed by atoms with E-state index in [0.29, 0.717) is 83.1 Å². The average molecular weight is 1310 g/mol. The number of carbonyl (C=O) groups excluding carboxylic acids is 3. The highest BCUT2D eigenvalue weighted by molar-refractivity contribution is 9.10. The second kappa shape index (κ2) is 27.9. The van der Waals surface area contributed by atoms with Gasteiger partial charge in [-0.25, -0.2) is 9.59 Å². The molecule has 0 aliphatic heterocycles. The molecule has 32 nitrogen and oxygen atoms in total. The number of aromatic amines is 5. The van der Waals surface area contributed by atoms with E-state index in [9.17, 15) is 54.3 Å². The van der Waals surface area contributed by atoms with Gasteiger partial charge in [0.2, 0.25) is 0 Å². The summed E-state index contributed by atoms with van der Waals surface area (Å²) in [5.41, 5.74) is 15.9. The molecular formula is C59H45BrN18O14. The fourth-order valence-electron chi connectivity index (χ4n) is 8.47. The molecule has 0 radical (unpaired) electrons. The first-order chi connectivity index (χ1) is 44.1. The summed E-state index contributed by atoms with van der Waals surface area (Å²) in [7, 11) is 1.54. The Morgan fingerprint density at radius 3 is 1.17 bits per heavy atom. The molecule has 0 aliphatic carbocycles. The number of hydrogen-bond donors (Lipinski definition) is 12. The lowest BCUT2D eigenvalue weighted by Crippen LogP contribution is -2.12. The zero-order valence-electron chi connectivity index (χ0n) is 47.1. The SMILES string of the molecule is COc1ccc(C(=O)Nc2n[nH]c3ccc([N+](=O)[O-])cc23)cc1.Nc1n[nH]c2ccc(C(=O)O)cc12.Nc1n[nH]c2ccc([N+](=O)[O-])cc12.O=C(Nc1n[nH]c2ccc([N+](=O)[O-])cc12)c1cccc(Br)c1.O=C(O)c1ccc2[nH]nc(NC(=O)c3ccccc3)c2c1. The van der Waals surface area contributed by atoms with E-state index >= 15 is 0 Å². The summed E-state index contributed by atoms with van der Waals surface area (Å²) in [6.45, 7) is 0. The molecule has 3 amide bonds. The van der Waals surface area contributed by atoms with Crippen LogP contribution in [0.4, 0.5) is 46.2 Å². The lowest BCUT2D eigenvalue weighted by Gasteiger charge is -2.04. The van der Waals surface area contributed by atoms with Gasteiger partial charge >= 0.3 is 11.9 Å². The number of hydrogen-bond acceptors (Lipinski definition) is 19. The number of amides is 3. The molecule has 5 aromatic heterocycles. The third-order valence-electron chi connectivity index (χ3n) is 13.1. The highest BCUT2D eigenvalue weighted by atomic mass is 79.9. The van der Waals surface area contributed by atoms with E-state index in [0.717, 1.165) is 9.99 Å². The van der Waals surface area contributed by atoms with Crippen LogP contribution in [0.5, 0.6) is 5.75 Å². The maximum Gasteiger partial charge on any atom is 0.335 e. The molecular weight excluding hydrogens is 1260 g/mol. The number of non-ortho nitro benzene ring substituents is 3. The monoisotopic (exact) mass is 1310 g/mol. The van der Waals surface area contributed by atoms with Gasteiger partial charge in [0.1, 0.15) is 5.75 Å². The Hall–Kier alpha value is -13.5. The number of nitro benzene ring substituents is 3. The van der Waals surface area contributed by atoms with E-state index in [2.05, 4.69) is 82.9 Å². The van der Waals surface area contributed by atoms with Gasteiger partial charge in [0.25, 0.3) is 34.8 Å². The Morgan fingerprint density at radius 1 is 0.424 bits per heavy atom. The number of methoxy groups -OCH3 is 1. The number of aromatic carboxylic acids is 2. The van der Waals surface area contributed by atoms with Crippen molar-refractivity contribution in [2.24, 2.45) is 0 Å². The van der Waals surface area contributed by atoms with Crippen molar-refractivity contribution in [3.8, 4) is 5.75 Å². The standard InChI is InChI=1S/C15H12N4O4.C15H11N3O3.C14H9BrN4O3.C8H7N3O2.C7H6N4O2/c1-23-11-5-2-9(3-6-11)15(20)16-14-12-8-10(19(21)22)4-7-13(12)17-18-14;19-14(9-4-2-1-3-5-9)16-13-11-8-10(15(20)21)6-7-12(11)17-18-13;15-9-3-1-2-8(6-9)14(20)16-13-11-7-10(19(21)22)4-5-12(11)17-18-13;9-7-5-3-4(8(12)13)1-2-6(5)10-11-7;8-7-5-3-4(11(12)13)1-2-6(5)9-10-7/h2-8H,1H3,(H2,16,17,18,20);1-8H,(H,20,21)(H2,16,17,18,19);1-7H,(H2,16,17,18,20);1-3H,(H,12,13)(H3,9,10,11);1-3H,(H3,8,9,10). The molecule has 13 rings (SSSR count). The minimum absolute atomic E-state index is 0.0144. The van der Waals surface area contributed by atoms with E-state index in [-0.39, 0.29) is 63.4 Å². The van der Waals surface area contributed by atoms with Gasteiger partial charge in [-0.3, -0.25) is 70.2 Å². The first-order valence-electron chi connectivity index (χ1n) is 26.3. The molecule has 0 unspecified atom stereocenters. The van der Waals surface area contributed by atoms with Crippen LogP contribution in [0.1, 0.15) is 51.8 Å². The first-order valence-corrected chi connectivity index (χ1v) is 27.1. The molecule has 0 fully saturated rings. The lowest BCUT2D eigenvalue weighted by molar-refractivity contribution is -0.384. The van der Waals surface area contributed by atoms with Gasteiger partial charge in [-0.2, -0.15) is 25.5 Å². The minimum Gasteiger partial charge on any atom is -0.497 e. The fraction of sp³-hybridized carbons (Fsp3) is 0.0169. The number of ether oxygens (including phenoxy) is 1. The topological polar surface area (TPSA) is 496 Å². The molecule has 5 heterocycles. The van der Waals surface area contributed by atoms with E-state index in [1.807, 2.05) is 12.1 Å². The third-order valence-corrected chi connectivity index (χ3v) is 13.6. The maximum atomic E-state index is 12.2. The molecule has 8 aromatic carbocycles. The van der Waals surface area contributed by atoms with E-state index in [1.54, 1.807) is 97.1 Å². The predicted molar refractivity (Wildman–Crippen MR) is 341 cm³/mol. The first kappa shape index (κ1) is 63.1. The van der Waals surface area contributed by atoms with Crippen molar-refractivity contribution < 1.29 is 53.7 Å². The zero-order valence-corrected chi connectivity index (χ0v) is 48.7. The van der Waals surface area contributed by atoms with Crippen molar-refractivity contribution >= 4 is 146 Å². The van der Waals surface area contributed by atoms with Crippen LogP contribution in [0.3, 0.4) is 0 Å². The number of benzene rings is 8. The van der Waals surface area contributed by atoms with Crippen LogP contribution in [0.15, 0.2) is 174 Å². The van der Waals surface area contributed by atoms with Crippen LogP contribution in [-0.4, -0.2) is 113 Å². The average Bonchev–Trinajstić information content (AvgIpc) is 2.14. The number of nitrogen functional groups attached to an aromatic ring is 2. The van der Waals surface area contributed by atoms with Gasteiger partial charge in [-0.1, -0.05) is 40.2 Å². The maximum absolute atomic E-state index is 12.2. The Bertz CT molecular complexity index is 4880. The molecule has 0 atom stereocenters. The van der Waals surface area contributed by atoms with Gasteiger partial charge in [-0.15, -0.1) is 0 Å². The van der Waals surface area contributed by atoms with Crippen LogP contribution in [0, 0.1) is 30.3 Å². The van der Waals surface area contributed by atoms with Gasteiger partial charge in [-0.05, 0) is 109 Å². The number of nitrogens with one attached hydrogen (secondary N) is 8. The summed E-state index contributed by atoms with van der Waals surface area (Å²) >= 11 is 3.30. The Balaban J connectivity index is 0.000000138. The zero-order chi connectivity index (χ0) is 65.8. The van der Waals surface area contributed by atoms with Crippen LogP contribution in [-0.2, 0) is 0 Å². The number of carboxylic acid groups (broad SMARTS) is 2.